The molecule has 0 aromatic heterocycles. The number of nitrogens with one attached hydrogen (secondary N) is 2. The van der Waals surface area contributed by atoms with Gasteiger partial charge >= 0.3 is 0 Å². The van der Waals surface area contributed by atoms with E-state index in [1.165, 1.54) is 10.5 Å². The fourth-order valence-corrected chi connectivity index (χ4v) is 3.70. The number of fused-ring (bicyclic) bond motifs is 1. The normalized spacial score (nSPS) is 12.8. The number of benzene rings is 2. The Labute approximate surface area is 140 Å². The van der Waals surface area contributed by atoms with Crippen LogP contribution < -0.4 is 15.4 Å². The number of ether oxygens (including phenoxy) is 1. The molecule has 0 saturated carbocycles. The average molecular weight is 328 g/mol. The minimum absolute atomic E-state index is 0.0940. The van der Waals surface area contributed by atoms with Crippen molar-refractivity contribution in [3.63, 3.8) is 0 Å². The number of rotatable bonds is 5. The maximum absolute atomic E-state index is 11.8. The molecule has 2 N–H and O–H groups in total. The van der Waals surface area contributed by atoms with Gasteiger partial charge < -0.3 is 15.4 Å². The second-order valence-corrected chi connectivity index (χ2v) is 6.54. The molecule has 0 spiro atoms. The Hall–Kier alpha value is -1.98. The zero-order chi connectivity index (χ0) is 16.2. The highest BCUT2D eigenvalue weighted by molar-refractivity contribution is 7.99. The van der Waals surface area contributed by atoms with E-state index < -0.39 is 0 Å². The maximum atomic E-state index is 11.8. The van der Waals surface area contributed by atoms with Crippen molar-refractivity contribution in [3.8, 4) is 11.5 Å². The summed E-state index contributed by atoms with van der Waals surface area (Å²) in [6, 6.07) is 11.8. The summed E-state index contributed by atoms with van der Waals surface area (Å²) in [5, 5.41) is 5.77. The highest BCUT2D eigenvalue weighted by Crippen LogP contribution is 2.35. The van der Waals surface area contributed by atoms with Crippen LogP contribution >= 0.6 is 11.8 Å². The third-order valence-corrected chi connectivity index (χ3v) is 4.92. The smallest absolute Gasteiger partial charge is 0.251 e. The standard InChI is InChI=1S/C18H20N2O2S/c1-19-11-14-9-13(18(21)20-2)3-5-16(14)22-15-4-6-17-12(10-15)7-8-23-17/h3-6,9-10,19H,7-8,11H2,1-2H3,(H,20,21). The van der Waals surface area contributed by atoms with E-state index in [1.807, 2.05) is 37.0 Å². The third kappa shape index (κ3) is 3.51. The Morgan fingerprint density at radius 2 is 2.09 bits per heavy atom. The quantitative estimate of drug-likeness (QED) is 0.885. The number of amides is 1. The lowest BCUT2D eigenvalue weighted by Gasteiger charge is -2.13. The molecule has 3 rings (SSSR count). The van der Waals surface area contributed by atoms with Crippen molar-refractivity contribution in [2.45, 2.75) is 17.9 Å². The molecule has 23 heavy (non-hydrogen) atoms. The van der Waals surface area contributed by atoms with Gasteiger partial charge in [-0.15, -0.1) is 11.8 Å². The second kappa shape index (κ2) is 7.06. The lowest BCUT2D eigenvalue weighted by atomic mass is 10.1. The molecule has 2 aromatic carbocycles. The number of hydrogen-bond donors (Lipinski definition) is 2. The summed E-state index contributed by atoms with van der Waals surface area (Å²) in [5.41, 5.74) is 2.95. The van der Waals surface area contributed by atoms with Crippen molar-refractivity contribution >= 4 is 17.7 Å². The molecule has 4 nitrogen and oxygen atoms in total. The summed E-state index contributed by atoms with van der Waals surface area (Å²) < 4.78 is 6.07. The number of hydrogen-bond acceptors (Lipinski definition) is 4. The predicted octanol–water partition coefficient (Wildman–Crippen LogP) is 3.21. The Morgan fingerprint density at radius 1 is 1.22 bits per heavy atom. The Balaban J connectivity index is 1.88. The van der Waals surface area contributed by atoms with Crippen LogP contribution in [0.3, 0.4) is 0 Å². The maximum Gasteiger partial charge on any atom is 0.251 e. The SMILES string of the molecule is CNCc1cc(C(=O)NC)ccc1Oc1ccc2c(c1)CCS2. The molecule has 1 aliphatic heterocycles. The first-order valence-corrected chi connectivity index (χ1v) is 8.63. The van der Waals surface area contributed by atoms with Crippen LogP contribution in [0.25, 0.3) is 0 Å². The van der Waals surface area contributed by atoms with Crippen LogP contribution in [0.15, 0.2) is 41.3 Å². The molecule has 120 valence electrons. The van der Waals surface area contributed by atoms with Crippen LogP contribution in [0.5, 0.6) is 11.5 Å². The first-order valence-electron chi connectivity index (χ1n) is 7.64. The van der Waals surface area contributed by atoms with Gasteiger partial charge in [0.15, 0.2) is 0 Å². The zero-order valence-corrected chi connectivity index (χ0v) is 14.1. The molecule has 1 amide bonds. The summed E-state index contributed by atoms with van der Waals surface area (Å²) in [4.78, 5) is 13.1. The summed E-state index contributed by atoms with van der Waals surface area (Å²) in [6.07, 6.45) is 1.09. The molecule has 0 fully saturated rings. The Kier molecular flexibility index (Phi) is 4.88. The molecule has 5 heteroatoms. The number of carbonyl (C=O) groups is 1. The van der Waals surface area contributed by atoms with Gasteiger partial charge in [0.25, 0.3) is 5.91 Å². The van der Waals surface area contributed by atoms with Crippen LogP contribution in [0.4, 0.5) is 0 Å². The van der Waals surface area contributed by atoms with E-state index in [2.05, 4.69) is 22.8 Å². The van der Waals surface area contributed by atoms with Crippen molar-refractivity contribution in [1.82, 2.24) is 10.6 Å². The molecule has 0 saturated heterocycles. The molecular weight excluding hydrogens is 308 g/mol. The molecule has 0 aliphatic carbocycles. The van der Waals surface area contributed by atoms with Crippen LogP contribution in [-0.4, -0.2) is 25.8 Å². The van der Waals surface area contributed by atoms with Gasteiger partial charge in [-0.3, -0.25) is 4.79 Å². The Morgan fingerprint density at radius 3 is 2.87 bits per heavy atom. The van der Waals surface area contributed by atoms with Gasteiger partial charge in [-0.1, -0.05) is 0 Å². The topological polar surface area (TPSA) is 50.4 Å². The monoisotopic (exact) mass is 328 g/mol. The molecule has 1 aliphatic rings. The molecule has 1 heterocycles. The van der Waals surface area contributed by atoms with Crippen LogP contribution in [0, 0.1) is 0 Å². The molecular formula is C18H20N2O2S. The largest absolute Gasteiger partial charge is 0.457 e. The Bertz CT molecular complexity index is 731. The van der Waals surface area contributed by atoms with E-state index >= 15 is 0 Å². The van der Waals surface area contributed by atoms with E-state index in [4.69, 9.17) is 4.74 Å². The molecule has 0 bridgehead atoms. The second-order valence-electron chi connectivity index (χ2n) is 5.40. The zero-order valence-electron chi connectivity index (χ0n) is 13.3. The lowest BCUT2D eigenvalue weighted by Crippen LogP contribution is -2.18. The van der Waals surface area contributed by atoms with Gasteiger partial charge in [0, 0.05) is 35.4 Å². The number of carbonyl (C=O) groups excluding carboxylic acids is 1. The molecule has 0 unspecified atom stereocenters. The van der Waals surface area contributed by atoms with E-state index in [1.54, 1.807) is 13.1 Å². The van der Waals surface area contributed by atoms with Gasteiger partial charge in [-0.25, -0.2) is 0 Å². The average Bonchev–Trinajstić information content (AvgIpc) is 3.03. The minimum Gasteiger partial charge on any atom is -0.457 e. The molecule has 0 atom stereocenters. The van der Waals surface area contributed by atoms with Crippen molar-refractivity contribution in [2.24, 2.45) is 0 Å². The van der Waals surface area contributed by atoms with Crippen LogP contribution in [-0.2, 0) is 13.0 Å². The fraction of sp³-hybridized carbons (Fsp3) is 0.278. The van der Waals surface area contributed by atoms with Gasteiger partial charge in [-0.05, 0) is 55.4 Å². The summed E-state index contributed by atoms with van der Waals surface area (Å²) >= 11 is 1.89. The van der Waals surface area contributed by atoms with E-state index in [9.17, 15) is 4.79 Å². The lowest BCUT2D eigenvalue weighted by molar-refractivity contribution is 0.0963. The minimum atomic E-state index is -0.0940. The molecule has 2 aromatic rings. The van der Waals surface area contributed by atoms with Gasteiger partial charge in [0.05, 0.1) is 0 Å². The third-order valence-electron chi connectivity index (χ3n) is 3.81. The van der Waals surface area contributed by atoms with Gasteiger partial charge in [-0.2, -0.15) is 0 Å². The van der Waals surface area contributed by atoms with E-state index in [0.29, 0.717) is 12.1 Å². The first kappa shape index (κ1) is 15.9. The number of aryl methyl sites for hydroxylation is 1. The van der Waals surface area contributed by atoms with E-state index in [-0.39, 0.29) is 5.91 Å². The summed E-state index contributed by atoms with van der Waals surface area (Å²) in [5.74, 6) is 2.67. The van der Waals surface area contributed by atoms with Gasteiger partial charge in [0.2, 0.25) is 0 Å². The number of thioether (sulfide) groups is 1. The highest BCUT2D eigenvalue weighted by Gasteiger charge is 2.14. The summed E-state index contributed by atoms with van der Waals surface area (Å²) in [6.45, 7) is 0.640. The fourth-order valence-electron chi connectivity index (χ4n) is 2.65. The van der Waals surface area contributed by atoms with Gasteiger partial charge in [0.1, 0.15) is 11.5 Å². The first-order chi connectivity index (χ1) is 11.2. The summed E-state index contributed by atoms with van der Waals surface area (Å²) in [7, 11) is 3.51. The van der Waals surface area contributed by atoms with Crippen LogP contribution in [0.2, 0.25) is 0 Å². The van der Waals surface area contributed by atoms with Crippen molar-refractivity contribution in [1.29, 1.82) is 0 Å². The highest BCUT2D eigenvalue weighted by atomic mass is 32.2. The van der Waals surface area contributed by atoms with Crippen molar-refractivity contribution in [2.75, 3.05) is 19.8 Å². The van der Waals surface area contributed by atoms with Crippen molar-refractivity contribution in [3.05, 3.63) is 53.1 Å². The van der Waals surface area contributed by atoms with E-state index in [0.717, 1.165) is 29.2 Å². The molecule has 0 radical (unpaired) electrons. The van der Waals surface area contributed by atoms with Crippen LogP contribution in [0.1, 0.15) is 21.5 Å². The predicted molar refractivity (Wildman–Crippen MR) is 93.5 cm³/mol. The van der Waals surface area contributed by atoms with Crippen molar-refractivity contribution < 1.29 is 9.53 Å².